The highest BCUT2D eigenvalue weighted by Gasteiger charge is 2.28. The predicted molar refractivity (Wildman–Crippen MR) is 108 cm³/mol. The fourth-order valence-electron chi connectivity index (χ4n) is 3.48. The molecule has 0 radical (unpaired) electrons. The molecule has 154 valence electrons. The molecular formula is C22H21FN4O3. The summed E-state index contributed by atoms with van der Waals surface area (Å²) in [5, 5.41) is 6.68. The first-order valence-electron chi connectivity index (χ1n) is 9.76. The Balaban J connectivity index is 1.32. The van der Waals surface area contributed by atoms with Crippen LogP contribution in [-0.2, 0) is 4.79 Å². The van der Waals surface area contributed by atoms with Crippen LogP contribution in [-0.4, -0.2) is 39.9 Å². The Morgan fingerprint density at radius 2 is 1.73 bits per heavy atom. The molecule has 1 aliphatic heterocycles. The zero-order valence-electron chi connectivity index (χ0n) is 16.5. The van der Waals surface area contributed by atoms with Crippen molar-refractivity contribution in [2.24, 2.45) is 5.92 Å². The fraction of sp³-hybridized carbons (Fsp3) is 0.273. The van der Waals surface area contributed by atoms with Gasteiger partial charge in [0.15, 0.2) is 0 Å². The van der Waals surface area contributed by atoms with E-state index < -0.39 is 0 Å². The van der Waals surface area contributed by atoms with Crippen molar-refractivity contribution in [3.63, 3.8) is 0 Å². The smallest absolute Gasteiger partial charge is 0.253 e. The van der Waals surface area contributed by atoms with Crippen LogP contribution in [0.15, 0.2) is 53.1 Å². The normalized spacial score (nSPS) is 14.5. The number of aromatic nitrogens is 2. The molecule has 1 aromatic heterocycles. The Hall–Kier alpha value is -3.55. The lowest BCUT2D eigenvalue weighted by atomic mass is 9.95. The minimum Gasteiger partial charge on any atom is -0.339 e. The average Bonchev–Trinajstić information content (AvgIpc) is 3.21. The molecule has 1 aliphatic rings. The fourth-order valence-corrected chi connectivity index (χ4v) is 3.48. The van der Waals surface area contributed by atoms with Crippen LogP contribution in [0.25, 0.3) is 11.4 Å². The third kappa shape index (κ3) is 4.37. The van der Waals surface area contributed by atoms with E-state index in [9.17, 15) is 14.0 Å². The van der Waals surface area contributed by atoms with E-state index in [0.717, 1.165) is 5.56 Å². The minimum absolute atomic E-state index is 0.0664. The highest BCUT2D eigenvalue weighted by atomic mass is 19.1. The number of nitrogens with zero attached hydrogens (tertiary/aromatic N) is 3. The maximum Gasteiger partial charge on any atom is 0.253 e. The summed E-state index contributed by atoms with van der Waals surface area (Å²) >= 11 is 0. The van der Waals surface area contributed by atoms with E-state index in [0.29, 0.717) is 48.9 Å². The van der Waals surface area contributed by atoms with Gasteiger partial charge in [-0.25, -0.2) is 4.39 Å². The lowest BCUT2D eigenvalue weighted by molar-refractivity contribution is -0.121. The number of hydrogen-bond donors (Lipinski definition) is 1. The largest absolute Gasteiger partial charge is 0.339 e. The number of anilines is 1. The molecule has 2 aromatic carbocycles. The van der Waals surface area contributed by atoms with Crippen LogP contribution in [0.4, 0.5) is 10.1 Å². The Labute approximate surface area is 172 Å². The van der Waals surface area contributed by atoms with Gasteiger partial charge in [-0.1, -0.05) is 17.3 Å². The van der Waals surface area contributed by atoms with Gasteiger partial charge in [0.05, 0.1) is 0 Å². The maximum absolute atomic E-state index is 13.0. The number of amides is 2. The summed E-state index contributed by atoms with van der Waals surface area (Å²) in [6, 6.07) is 12.8. The van der Waals surface area contributed by atoms with Crippen molar-refractivity contribution >= 4 is 17.5 Å². The number of hydrogen-bond acceptors (Lipinski definition) is 5. The molecule has 1 N–H and O–H groups in total. The first-order chi connectivity index (χ1) is 14.5. The molecule has 4 rings (SSSR count). The van der Waals surface area contributed by atoms with E-state index in [1.807, 2.05) is 0 Å². The summed E-state index contributed by atoms with van der Waals surface area (Å²) in [5.74, 6) is 0.274. The average molecular weight is 408 g/mol. The van der Waals surface area contributed by atoms with Gasteiger partial charge in [-0.3, -0.25) is 9.59 Å². The van der Waals surface area contributed by atoms with Crippen molar-refractivity contribution in [2.75, 3.05) is 18.4 Å². The second kappa shape index (κ2) is 8.44. The topological polar surface area (TPSA) is 88.3 Å². The van der Waals surface area contributed by atoms with E-state index in [1.165, 1.54) is 24.3 Å². The number of nitrogens with one attached hydrogen (secondary N) is 1. The number of rotatable bonds is 4. The van der Waals surface area contributed by atoms with E-state index >= 15 is 0 Å². The summed E-state index contributed by atoms with van der Waals surface area (Å²) in [4.78, 5) is 31.2. The summed E-state index contributed by atoms with van der Waals surface area (Å²) in [5.41, 5.74) is 1.92. The molecule has 7 nitrogen and oxygen atoms in total. The summed E-state index contributed by atoms with van der Waals surface area (Å²) < 4.78 is 18.0. The van der Waals surface area contributed by atoms with Gasteiger partial charge >= 0.3 is 0 Å². The SMILES string of the molecule is Cc1nc(-c2ccc(C(=O)N3CCC(C(=O)Nc4ccc(F)cc4)CC3)cc2)no1. The quantitative estimate of drug-likeness (QED) is 0.712. The lowest BCUT2D eigenvalue weighted by Gasteiger charge is -2.31. The molecular weight excluding hydrogens is 387 g/mol. The molecule has 30 heavy (non-hydrogen) atoms. The van der Waals surface area contributed by atoms with Gasteiger partial charge in [-0.05, 0) is 49.2 Å². The number of halogens is 1. The summed E-state index contributed by atoms with van der Waals surface area (Å²) in [7, 11) is 0. The third-order valence-corrected chi connectivity index (χ3v) is 5.18. The highest BCUT2D eigenvalue weighted by Crippen LogP contribution is 2.22. The Morgan fingerprint density at radius 1 is 1.07 bits per heavy atom. The molecule has 3 aromatic rings. The second-order valence-electron chi connectivity index (χ2n) is 7.28. The van der Waals surface area contributed by atoms with E-state index in [4.69, 9.17) is 4.52 Å². The first kappa shape index (κ1) is 19.8. The summed E-state index contributed by atoms with van der Waals surface area (Å²) in [6.07, 6.45) is 1.16. The first-order valence-corrected chi connectivity index (χ1v) is 9.76. The highest BCUT2D eigenvalue weighted by molar-refractivity contribution is 5.95. The maximum atomic E-state index is 13.0. The molecule has 0 aliphatic carbocycles. The molecule has 2 heterocycles. The van der Waals surface area contributed by atoms with Crippen LogP contribution in [0, 0.1) is 18.7 Å². The molecule has 2 amide bonds. The minimum atomic E-state index is -0.347. The molecule has 0 bridgehead atoms. The van der Waals surface area contributed by atoms with Crippen molar-refractivity contribution in [3.05, 3.63) is 65.8 Å². The zero-order chi connectivity index (χ0) is 21.1. The van der Waals surface area contributed by atoms with Crippen molar-refractivity contribution in [2.45, 2.75) is 19.8 Å². The number of carbonyl (C=O) groups excluding carboxylic acids is 2. The Kier molecular flexibility index (Phi) is 5.56. The number of piperidine rings is 1. The predicted octanol–water partition coefficient (Wildman–Crippen LogP) is 3.68. The van der Waals surface area contributed by atoms with Crippen LogP contribution in [0.3, 0.4) is 0 Å². The number of carbonyl (C=O) groups is 2. The summed E-state index contributed by atoms with van der Waals surface area (Å²) in [6.45, 7) is 2.73. The molecule has 0 saturated carbocycles. The van der Waals surface area contributed by atoms with Crippen molar-refractivity contribution in [1.29, 1.82) is 0 Å². The standard InChI is InChI=1S/C22H21FN4O3/c1-14-24-20(26-30-14)15-2-4-17(5-3-15)22(29)27-12-10-16(11-13-27)21(28)25-19-8-6-18(23)7-9-19/h2-9,16H,10-13H2,1H3,(H,25,28). The van der Waals surface area contributed by atoms with E-state index in [1.54, 1.807) is 36.1 Å². The van der Waals surface area contributed by atoms with Gasteiger partial charge in [0, 0.05) is 42.7 Å². The van der Waals surface area contributed by atoms with E-state index in [-0.39, 0.29) is 23.5 Å². The van der Waals surface area contributed by atoms with Crippen LogP contribution < -0.4 is 5.32 Å². The molecule has 8 heteroatoms. The molecule has 0 unspecified atom stereocenters. The van der Waals surface area contributed by atoms with Gasteiger partial charge in [0.25, 0.3) is 5.91 Å². The number of aryl methyl sites for hydroxylation is 1. The van der Waals surface area contributed by atoms with Crippen molar-refractivity contribution in [1.82, 2.24) is 15.0 Å². The van der Waals surface area contributed by atoms with Gasteiger partial charge in [0.1, 0.15) is 5.82 Å². The lowest BCUT2D eigenvalue weighted by Crippen LogP contribution is -2.41. The van der Waals surface area contributed by atoms with Crippen LogP contribution in [0.5, 0.6) is 0 Å². The van der Waals surface area contributed by atoms with Crippen LogP contribution in [0.1, 0.15) is 29.1 Å². The van der Waals surface area contributed by atoms with Gasteiger partial charge in [-0.15, -0.1) is 0 Å². The number of likely N-dealkylation sites (tertiary alicyclic amines) is 1. The van der Waals surface area contributed by atoms with Gasteiger partial charge in [0.2, 0.25) is 17.6 Å². The number of benzene rings is 2. The molecule has 1 fully saturated rings. The van der Waals surface area contributed by atoms with Gasteiger partial charge < -0.3 is 14.7 Å². The van der Waals surface area contributed by atoms with Crippen molar-refractivity contribution in [3.8, 4) is 11.4 Å². The second-order valence-corrected chi connectivity index (χ2v) is 7.28. The Morgan fingerprint density at radius 3 is 2.33 bits per heavy atom. The third-order valence-electron chi connectivity index (χ3n) is 5.18. The van der Waals surface area contributed by atoms with E-state index in [2.05, 4.69) is 15.5 Å². The van der Waals surface area contributed by atoms with Crippen molar-refractivity contribution < 1.29 is 18.5 Å². The monoisotopic (exact) mass is 408 g/mol. The molecule has 1 saturated heterocycles. The van der Waals surface area contributed by atoms with Crippen LogP contribution in [0.2, 0.25) is 0 Å². The zero-order valence-corrected chi connectivity index (χ0v) is 16.5. The molecule has 0 spiro atoms. The van der Waals surface area contributed by atoms with Crippen LogP contribution >= 0.6 is 0 Å². The molecule has 0 atom stereocenters. The van der Waals surface area contributed by atoms with Gasteiger partial charge in [-0.2, -0.15) is 4.98 Å². The Bertz CT molecular complexity index is 1040.